The van der Waals surface area contributed by atoms with Gasteiger partial charge in [0.1, 0.15) is 11.5 Å². The Kier molecular flexibility index (Phi) is 6.53. The topological polar surface area (TPSA) is 38.1 Å². The SMILES string of the molecule is CCCCCN(Cc1ccc(F)cc1)C(=O)c1cc(C)nn1CC. The Bertz CT molecular complexity index is 664. The number of amides is 1. The summed E-state index contributed by atoms with van der Waals surface area (Å²) in [5, 5.41) is 4.37. The predicted molar refractivity (Wildman–Crippen MR) is 93.3 cm³/mol. The summed E-state index contributed by atoms with van der Waals surface area (Å²) in [6, 6.07) is 8.17. The summed E-state index contributed by atoms with van der Waals surface area (Å²) < 4.78 is 14.9. The number of unbranched alkanes of at least 4 members (excludes halogenated alkanes) is 2. The van der Waals surface area contributed by atoms with Gasteiger partial charge in [-0.1, -0.05) is 31.9 Å². The molecule has 0 saturated heterocycles. The van der Waals surface area contributed by atoms with E-state index < -0.39 is 0 Å². The van der Waals surface area contributed by atoms with Gasteiger partial charge in [0.2, 0.25) is 0 Å². The minimum Gasteiger partial charge on any atom is -0.333 e. The molecule has 1 aromatic heterocycles. The molecule has 0 N–H and O–H groups in total. The number of hydrogen-bond donors (Lipinski definition) is 0. The van der Waals surface area contributed by atoms with Crippen molar-refractivity contribution in [3.8, 4) is 0 Å². The average Bonchev–Trinajstić information content (AvgIpc) is 2.96. The van der Waals surface area contributed by atoms with Gasteiger partial charge in [0.05, 0.1) is 5.69 Å². The zero-order valence-electron chi connectivity index (χ0n) is 14.8. The lowest BCUT2D eigenvalue weighted by Crippen LogP contribution is -2.33. The van der Waals surface area contributed by atoms with E-state index in [9.17, 15) is 9.18 Å². The van der Waals surface area contributed by atoms with E-state index in [2.05, 4.69) is 12.0 Å². The molecule has 4 nitrogen and oxygen atoms in total. The number of aryl methyl sites for hydroxylation is 2. The van der Waals surface area contributed by atoms with Crippen molar-refractivity contribution in [3.05, 3.63) is 53.1 Å². The Morgan fingerprint density at radius 2 is 1.92 bits per heavy atom. The molecular formula is C19H26FN3O. The molecular weight excluding hydrogens is 305 g/mol. The Morgan fingerprint density at radius 3 is 2.54 bits per heavy atom. The average molecular weight is 331 g/mol. The first-order valence-corrected chi connectivity index (χ1v) is 8.63. The molecule has 0 aliphatic rings. The molecule has 0 unspecified atom stereocenters. The molecule has 0 saturated carbocycles. The molecule has 0 fully saturated rings. The van der Waals surface area contributed by atoms with Gasteiger partial charge >= 0.3 is 0 Å². The number of hydrogen-bond acceptors (Lipinski definition) is 2. The molecule has 0 bridgehead atoms. The monoisotopic (exact) mass is 331 g/mol. The van der Waals surface area contributed by atoms with Gasteiger partial charge in [0.25, 0.3) is 5.91 Å². The van der Waals surface area contributed by atoms with Crippen LogP contribution in [-0.2, 0) is 13.1 Å². The third-order valence-electron chi connectivity index (χ3n) is 4.03. The molecule has 1 heterocycles. The smallest absolute Gasteiger partial charge is 0.272 e. The molecule has 0 aliphatic carbocycles. The van der Waals surface area contributed by atoms with Crippen LogP contribution in [-0.4, -0.2) is 27.1 Å². The Balaban J connectivity index is 2.20. The van der Waals surface area contributed by atoms with Crippen molar-refractivity contribution < 1.29 is 9.18 Å². The molecule has 2 rings (SSSR count). The number of rotatable bonds is 8. The Morgan fingerprint density at radius 1 is 1.21 bits per heavy atom. The van der Waals surface area contributed by atoms with Crippen molar-refractivity contribution in [2.45, 2.75) is 53.1 Å². The van der Waals surface area contributed by atoms with E-state index in [1.54, 1.807) is 16.8 Å². The largest absolute Gasteiger partial charge is 0.333 e. The van der Waals surface area contributed by atoms with E-state index in [0.717, 1.165) is 30.5 Å². The van der Waals surface area contributed by atoms with Gasteiger partial charge in [-0.3, -0.25) is 9.48 Å². The molecule has 0 atom stereocenters. The molecule has 1 amide bonds. The van der Waals surface area contributed by atoms with Crippen LogP contribution in [0, 0.1) is 12.7 Å². The molecule has 5 heteroatoms. The lowest BCUT2D eigenvalue weighted by atomic mass is 10.1. The number of carbonyl (C=O) groups excluding carboxylic acids is 1. The molecule has 0 spiro atoms. The maximum atomic E-state index is 13.1. The quantitative estimate of drug-likeness (QED) is 0.681. The summed E-state index contributed by atoms with van der Waals surface area (Å²) in [5.41, 5.74) is 2.39. The van der Waals surface area contributed by atoms with Crippen molar-refractivity contribution in [2.75, 3.05) is 6.54 Å². The van der Waals surface area contributed by atoms with Crippen molar-refractivity contribution in [2.24, 2.45) is 0 Å². The highest BCUT2D eigenvalue weighted by atomic mass is 19.1. The van der Waals surface area contributed by atoms with Crippen molar-refractivity contribution in [3.63, 3.8) is 0 Å². The number of aromatic nitrogens is 2. The first-order chi connectivity index (χ1) is 11.5. The maximum absolute atomic E-state index is 13.1. The summed E-state index contributed by atoms with van der Waals surface area (Å²) in [5.74, 6) is -0.278. The summed E-state index contributed by atoms with van der Waals surface area (Å²) in [6.07, 6.45) is 3.15. The predicted octanol–water partition coefficient (Wildman–Crippen LogP) is 4.18. The fourth-order valence-electron chi connectivity index (χ4n) is 2.74. The van der Waals surface area contributed by atoms with Crippen LogP contribution < -0.4 is 0 Å². The second kappa shape index (κ2) is 8.62. The van der Waals surface area contributed by atoms with Gasteiger partial charge in [0, 0.05) is 19.6 Å². The van der Waals surface area contributed by atoms with Gasteiger partial charge < -0.3 is 4.90 Å². The number of nitrogens with zero attached hydrogens (tertiary/aromatic N) is 3. The highest BCUT2D eigenvalue weighted by Gasteiger charge is 2.20. The summed E-state index contributed by atoms with van der Waals surface area (Å²) in [7, 11) is 0. The van der Waals surface area contributed by atoms with E-state index in [0.29, 0.717) is 25.3 Å². The van der Waals surface area contributed by atoms with Crippen molar-refractivity contribution in [1.82, 2.24) is 14.7 Å². The molecule has 0 aliphatic heterocycles. The zero-order chi connectivity index (χ0) is 17.5. The van der Waals surface area contributed by atoms with Crippen LogP contribution in [0.2, 0.25) is 0 Å². The van der Waals surface area contributed by atoms with Crippen molar-refractivity contribution >= 4 is 5.91 Å². The van der Waals surface area contributed by atoms with Gasteiger partial charge in [-0.2, -0.15) is 5.10 Å². The van der Waals surface area contributed by atoms with E-state index in [1.165, 1.54) is 12.1 Å². The fraction of sp³-hybridized carbons (Fsp3) is 0.474. The van der Waals surface area contributed by atoms with Gasteiger partial charge in [-0.15, -0.1) is 0 Å². The zero-order valence-corrected chi connectivity index (χ0v) is 14.8. The van der Waals surface area contributed by atoms with Crippen molar-refractivity contribution in [1.29, 1.82) is 0 Å². The number of halogens is 1. The fourth-order valence-corrected chi connectivity index (χ4v) is 2.74. The molecule has 24 heavy (non-hydrogen) atoms. The minimum atomic E-state index is -0.262. The Labute approximate surface area is 143 Å². The summed E-state index contributed by atoms with van der Waals surface area (Å²) >= 11 is 0. The van der Waals surface area contributed by atoms with E-state index in [-0.39, 0.29) is 11.7 Å². The first-order valence-electron chi connectivity index (χ1n) is 8.63. The van der Waals surface area contributed by atoms with Crippen LogP contribution in [0.25, 0.3) is 0 Å². The second-order valence-corrected chi connectivity index (χ2v) is 6.05. The third-order valence-corrected chi connectivity index (χ3v) is 4.03. The summed E-state index contributed by atoms with van der Waals surface area (Å²) in [4.78, 5) is 14.8. The van der Waals surface area contributed by atoms with Crippen LogP contribution in [0.4, 0.5) is 4.39 Å². The molecule has 0 radical (unpaired) electrons. The molecule has 2 aromatic rings. The van der Waals surface area contributed by atoms with E-state index >= 15 is 0 Å². The summed E-state index contributed by atoms with van der Waals surface area (Å²) in [6.45, 7) is 7.85. The Hall–Kier alpha value is -2.17. The third kappa shape index (κ3) is 4.66. The van der Waals surface area contributed by atoms with Gasteiger partial charge in [-0.25, -0.2) is 4.39 Å². The highest BCUT2D eigenvalue weighted by Crippen LogP contribution is 2.14. The van der Waals surface area contributed by atoms with Gasteiger partial charge in [-0.05, 0) is 44.0 Å². The van der Waals surface area contributed by atoms with Gasteiger partial charge in [0.15, 0.2) is 0 Å². The molecule has 1 aromatic carbocycles. The number of carbonyl (C=O) groups is 1. The lowest BCUT2D eigenvalue weighted by molar-refractivity contribution is 0.0727. The van der Waals surface area contributed by atoms with Crippen LogP contribution in [0.15, 0.2) is 30.3 Å². The lowest BCUT2D eigenvalue weighted by Gasteiger charge is -2.23. The van der Waals surface area contributed by atoms with E-state index in [1.807, 2.05) is 24.8 Å². The normalized spacial score (nSPS) is 10.8. The highest BCUT2D eigenvalue weighted by molar-refractivity contribution is 5.92. The first kappa shape index (κ1) is 18.2. The standard InChI is InChI=1S/C19H26FN3O/c1-4-6-7-12-22(14-16-8-10-17(20)11-9-16)19(24)18-13-15(3)21-23(18)5-2/h8-11,13H,4-7,12,14H2,1-3H3. The number of benzene rings is 1. The van der Waals surface area contributed by atoms with Crippen LogP contribution in [0.1, 0.15) is 54.9 Å². The van der Waals surface area contributed by atoms with E-state index in [4.69, 9.17) is 0 Å². The van der Waals surface area contributed by atoms with Crippen LogP contribution in [0.3, 0.4) is 0 Å². The second-order valence-electron chi connectivity index (χ2n) is 6.05. The minimum absolute atomic E-state index is 0.0159. The maximum Gasteiger partial charge on any atom is 0.272 e. The van der Waals surface area contributed by atoms with Crippen LogP contribution in [0.5, 0.6) is 0 Å². The van der Waals surface area contributed by atoms with Crippen LogP contribution >= 0.6 is 0 Å². The molecule has 130 valence electrons.